The van der Waals surface area contributed by atoms with Gasteiger partial charge in [0.1, 0.15) is 0 Å². The summed E-state index contributed by atoms with van der Waals surface area (Å²) in [5.41, 5.74) is -14.3. The van der Waals surface area contributed by atoms with Crippen molar-refractivity contribution >= 4 is 0 Å². The van der Waals surface area contributed by atoms with Crippen molar-refractivity contribution in [1.29, 1.82) is 0 Å². The Morgan fingerprint density at radius 3 is 0.509 bits per heavy atom. The fraction of sp³-hybridized carbons (Fsp3) is 1.00. The minimum Gasteiger partial charge on any atom is -0.171 e. The molecule has 0 bridgehead atoms. The first kappa shape index (κ1) is 130. The van der Waals surface area contributed by atoms with E-state index in [0.29, 0.717) is 64.2 Å². The summed E-state index contributed by atoms with van der Waals surface area (Å²) in [6.45, 7) is 62.4. The minimum atomic E-state index is -4.12. The van der Waals surface area contributed by atoms with Crippen LogP contribution in [0, 0.1) is 107 Å². The van der Waals surface area contributed by atoms with Crippen molar-refractivity contribution in [2.24, 2.45) is 107 Å². The Balaban J connectivity index is -0.000000156. The number of hydrogen-bond acceptors (Lipinski definition) is 0. The molecule has 27 heteroatoms. The van der Waals surface area contributed by atoms with E-state index < -0.39 is 110 Å². The van der Waals surface area contributed by atoms with Gasteiger partial charge in [0, 0.05) is 0 Å². The fourth-order valence-corrected chi connectivity index (χ4v) is 15.9. The highest BCUT2D eigenvalue weighted by atomic mass is 19.4. The third-order valence-electron chi connectivity index (χ3n) is 26.8. The third-order valence-corrected chi connectivity index (χ3v) is 26.8. The zero-order chi connectivity index (χ0) is 94.5. The lowest BCUT2D eigenvalue weighted by molar-refractivity contribution is -0.259. The molecule has 0 aromatic rings. The third kappa shape index (κ3) is 38.3. The van der Waals surface area contributed by atoms with E-state index in [4.69, 9.17) is 0 Å². The average Bonchev–Trinajstić information content (AvgIpc) is 0.749. The van der Waals surface area contributed by atoms with Gasteiger partial charge in [-0.3, -0.25) is 0 Å². The second-order valence-corrected chi connectivity index (χ2v) is 35.8. The first-order valence-corrected chi connectivity index (χ1v) is 41.9. The molecule has 0 aliphatic rings. The predicted octanol–water partition coefficient (Wildman–Crippen LogP) is 38.3. The van der Waals surface area contributed by atoms with Crippen molar-refractivity contribution in [3.05, 3.63) is 0 Å². The molecule has 0 aliphatic carbocycles. The lowest BCUT2D eigenvalue weighted by Gasteiger charge is -2.46. The van der Waals surface area contributed by atoms with Crippen LogP contribution in [0.5, 0.6) is 0 Å². The SMILES string of the molecule is CC(C)C(C(C)C)C(C)(C)C(F)(F)F.CCC(C)(C(C(C)C)C(C)C)C(F)(F)F.CCC(C)(C(C)C)C(F)(F)F.CCC(C)(CC)C(C)(CC)C(F)(F)F.CCC(C)(CC)C(F)(F)F.CCC(CC)C(C)(CC)C(F)(F)F.CCCC(C)(C(CC)CC)C(F)(F)F.CCCC(C)(CC)C(F)(F)F.CCCC(C)(CCC)C(F)(F)F. The standard InChI is InChI=1S/C12H23F3.3C11H21F3.C10H19F3.C9H17F3.2C8H15F3.C7H13F3/c1-7-11(6,12(13,14)15)10(8(2)3)9(4)5;1-7(2)9(8(3)4)10(5,6)11(12,13)14;1-6-9(4,7-2)10(5,8-3)11(12,13)14;1-5-8-10(4,11(12,13)14)9(6-2)7-3;1-5-8(6-2)9(4,7-3)10(11,12)13;1-4-6-8(3,7-5-2)9(10,11)12;1-5-7(4,6(2)3)8(9,10)11;1-4-6-7(3,5-2)8(9,10)11;1-4-6(3,5-2)7(8,9)10/h8-10H,7H2,1-6H3;7-9H,1-6H3;6-8H2,1-5H3;9H,5-8H2,1-4H3;8H,5-7H2,1-4H3;4-7H2,1-3H3;6H,5H2,1-4H3;4-6H2,1-3H3;4-5H2,1-3H3. The van der Waals surface area contributed by atoms with E-state index in [1.165, 1.54) is 69.2 Å². The normalized spacial score (nSPS) is 16.6. The van der Waals surface area contributed by atoms with Crippen LogP contribution >= 0.6 is 0 Å². The summed E-state index contributed by atoms with van der Waals surface area (Å²) >= 11 is 0. The van der Waals surface area contributed by atoms with Gasteiger partial charge in [0.15, 0.2) is 0 Å². The molecule has 0 spiro atoms. The van der Waals surface area contributed by atoms with Crippen LogP contribution in [0.2, 0.25) is 0 Å². The quantitative estimate of drug-likeness (QED) is 0.0607. The summed E-state index contributed by atoms with van der Waals surface area (Å²) < 4.78 is 341. The number of alkyl halides is 27. The van der Waals surface area contributed by atoms with E-state index >= 15 is 0 Å². The number of halogens is 27. The van der Waals surface area contributed by atoms with Gasteiger partial charge < -0.3 is 0 Å². The summed E-state index contributed by atoms with van der Waals surface area (Å²) in [4.78, 5) is 0. The van der Waals surface area contributed by atoms with Crippen LogP contribution in [0.4, 0.5) is 119 Å². The molecule has 0 heterocycles. The number of rotatable bonds is 31. The molecule has 114 heavy (non-hydrogen) atoms. The lowest BCUT2D eigenvalue weighted by Crippen LogP contribution is -2.47. The summed E-state index contributed by atoms with van der Waals surface area (Å²) in [6, 6.07) is 0. The van der Waals surface area contributed by atoms with Crippen molar-refractivity contribution in [3.63, 3.8) is 0 Å². The van der Waals surface area contributed by atoms with Gasteiger partial charge in [-0.2, -0.15) is 119 Å². The summed E-state index contributed by atoms with van der Waals surface area (Å²) in [6.07, 6.45) is -28.7. The summed E-state index contributed by atoms with van der Waals surface area (Å²) in [7, 11) is 0. The maximum absolute atomic E-state index is 13.1. The Labute approximate surface area is 677 Å². The molecule has 0 radical (unpaired) electrons. The molecule has 0 fully saturated rings. The molecule has 0 aliphatic heterocycles. The summed E-state index contributed by atoms with van der Waals surface area (Å²) in [5.74, 6) is -1.30. The van der Waals surface area contributed by atoms with Gasteiger partial charge in [0.2, 0.25) is 0 Å². The molecule has 0 aromatic carbocycles. The fourth-order valence-electron chi connectivity index (χ4n) is 15.9. The molecule has 0 aromatic heterocycles. The van der Waals surface area contributed by atoms with Crippen LogP contribution in [0.1, 0.15) is 398 Å². The van der Waals surface area contributed by atoms with Gasteiger partial charge in [-0.15, -0.1) is 0 Å². The highest BCUT2D eigenvalue weighted by Crippen LogP contribution is 2.58. The van der Waals surface area contributed by atoms with E-state index in [2.05, 4.69) is 0 Å². The second kappa shape index (κ2) is 52.5. The Bertz CT molecular complexity index is 2320. The van der Waals surface area contributed by atoms with Crippen molar-refractivity contribution < 1.29 is 119 Å². The van der Waals surface area contributed by atoms with Crippen LogP contribution in [0.15, 0.2) is 0 Å². The molecule has 6 unspecified atom stereocenters. The monoisotopic (exact) mass is 1720 g/mol. The van der Waals surface area contributed by atoms with E-state index in [0.717, 1.165) is 0 Å². The zero-order valence-electron chi connectivity index (χ0n) is 77.8. The molecular formula is C87H165F27. The van der Waals surface area contributed by atoms with Gasteiger partial charge in [0.25, 0.3) is 0 Å². The van der Waals surface area contributed by atoms with E-state index in [1.807, 2.05) is 104 Å². The molecule has 0 saturated carbocycles. The van der Waals surface area contributed by atoms with Crippen molar-refractivity contribution in [3.8, 4) is 0 Å². The van der Waals surface area contributed by atoms with Crippen LogP contribution in [0.3, 0.4) is 0 Å². The Morgan fingerprint density at radius 1 is 0.193 bits per heavy atom. The molecule has 0 saturated heterocycles. The second-order valence-electron chi connectivity index (χ2n) is 35.8. The van der Waals surface area contributed by atoms with Crippen LogP contribution in [0.25, 0.3) is 0 Å². The first-order chi connectivity index (χ1) is 50.3. The van der Waals surface area contributed by atoms with E-state index in [1.54, 1.807) is 90.0 Å². The lowest BCUT2D eigenvalue weighted by atomic mass is 9.60. The molecular weight excluding hydrogens is 1560 g/mol. The number of hydrogen-bond donors (Lipinski definition) is 0. The van der Waals surface area contributed by atoms with Gasteiger partial charge in [0.05, 0.1) is 48.7 Å². The van der Waals surface area contributed by atoms with Crippen molar-refractivity contribution in [1.82, 2.24) is 0 Å². The molecule has 0 N–H and O–H groups in total. The minimum absolute atomic E-state index is 0.0478. The van der Waals surface area contributed by atoms with Crippen LogP contribution in [-0.2, 0) is 0 Å². The maximum Gasteiger partial charge on any atom is 0.394 e. The first-order valence-electron chi connectivity index (χ1n) is 41.9. The van der Waals surface area contributed by atoms with Gasteiger partial charge in [-0.25, -0.2) is 0 Å². The highest BCUT2D eigenvalue weighted by Gasteiger charge is 2.61. The Morgan fingerprint density at radius 2 is 0.421 bits per heavy atom. The van der Waals surface area contributed by atoms with Gasteiger partial charge in [-0.1, -0.05) is 314 Å². The predicted molar refractivity (Wildman–Crippen MR) is 423 cm³/mol. The smallest absolute Gasteiger partial charge is 0.171 e. The highest BCUT2D eigenvalue weighted by molar-refractivity contribution is 4.96. The van der Waals surface area contributed by atoms with E-state index in [9.17, 15) is 119 Å². The molecule has 0 nitrogen and oxygen atoms in total. The van der Waals surface area contributed by atoms with Gasteiger partial charge >= 0.3 is 55.6 Å². The molecule has 0 rings (SSSR count). The van der Waals surface area contributed by atoms with Gasteiger partial charge in [-0.05, 0) is 142 Å². The van der Waals surface area contributed by atoms with Crippen molar-refractivity contribution in [2.45, 2.75) is 454 Å². The van der Waals surface area contributed by atoms with Crippen LogP contribution < -0.4 is 0 Å². The summed E-state index contributed by atoms with van der Waals surface area (Å²) in [5, 5.41) is 0. The maximum atomic E-state index is 13.1. The van der Waals surface area contributed by atoms with E-state index in [-0.39, 0.29) is 124 Å². The topological polar surface area (TPSA) is 0 Å². The largest absolute Gasteiger partial charge is 0.394 e. The average molecular weight is 1720 g/mol. The molecule has 6 atom stereocenters. The Kier molecular flexibility index (Phi) is 60.0. The zero-order valence-corrected chi connectivity index (χ0v) is 77.8. The Hall–Kier alpha value is -1.89. The van der Waals surface area contributed by atoms with Crippen molar-refractivity contribution in [2.75, 3.05) is 0 Å². The molecule has 702 valence electrons. The van der Waals surface area contributed by atoms with Crippen LogP contribution in [-0.4, -0.2) is 55.6 Å². The molecule has 0 amide bonds.